The van der Waals surface area contributed by atoms with Crippen LogP contribution in [-0.2, 0) is 11.2 Å². The smallest absolute Gasteiger partial charge is 0.229 e. The van der Waals surface area contributed by atoms with Crippen LogP contribution in [0.25, 0.3) is 0 Å². The van der Waals surface area contributed by atoms with E-state index >= 15 is 0 Å². The van der Waals surface area contributed by atoms with Gasteiger partial charge < -0.3 is 5.32 Å². The average molecular weight is 242 g/mol. The number of benzene rings is 1. The second-order valence-corrected chi connectivity index (χ2v) is 4.40. The first-order chi connectivity index (χ1) is 8.29. The second kappa shape index (κ2) is 5.28. The van der Waals surface area contributed by atoms with E-state index in [-0.39, 0.29) is 5.91 Å². The molecule has 3 nitrogen and oxygen atoms in total. The van der Waals surface area contributed by atoms with Crippen molar-refractivity contribution in [2.45, 2.75) is 6.42 Å². The number of carbonyl (C=O) groups is 1. The lowest BCUT2D eigenvalue weighted by atomic mass is 10.1. The minimum atomic E-state index is -0.102. The first kappa shape index (κ1) is 11.4. The lowest BCUT2D eigenvalue weighted by Crippen LogP contribution is -2.14. The summed E-state index contributed by atoms with van der Waals surface area (Å²) >= 11 is 1.36. The van der Waals surface area contributed by atoms with Crippen molar-refractivity contribution < 1.29 is 4.79 Å². The fraction of sp³-hybridized carbons (Fsp3) is 0.0769. The Balaban J connectivity index is 2.01. The van der Waals surface area contributed by atoms with Crippen LogP contribution in [0.1, 0.15) is 11.1 Å². The van der Waals surface area contributed by atoms with Crippen molar-refractivity contribution in [3.8, 4) is 6.07 Å². The lowest BCUT2D eigenvalue weighted by Gasteiger charge is -2.03. The Kier molecular flexibility index (Phi) is 3.53. The number of amides is 1. The summed E-state index contributed by atoms with van der Waals surface area (Å²) in [5.74, 6) is -0.102. The molecule has 1 aromatic heterocycles. The number of hydrogen-bond acceptors (Lipinski definition) is 3. The van der Waals surface area contributed by atoms with E-state index in [1.54, 1.807) is 11.4 Å². The molecule has 84 valence electrons. The molecule has 2 aromatic rings. The second-order valence-electron chi connectivity index (χ2n) is 3.49. The topological polar surface area (TPSA) is 52.9 Å². The summed E-state index contributed by atoms with van der Waals surface area (Å²) in [5, 5.41) is 14.0. The third-order valence-electron chi connectivity index (χ3n) is 2.25. The van der Waals surface area contributed by atoms with Crippen LogP contribution in [0.3, 0.4) is 0 Å². The van der Waals surface area contributed by atoms with Gasteiger partial charge in [0.05, 0.1) is 12.0 Å². The highest BCUT2D eigenvalue weighted by atomic mass is 32.1. The maximum atomic E-state index is 11.7. The molecule has 0 aliphatic carbocycles. The van der Waals surface area contributed by atoms with Crippen LogP contribution in [0.15, 0.2) is 41.8 Å². The Hall–Kier alpha value is -2.12. The number of carbonyl (C=O) groups excluding carboxylic acids is 1. The number of nitriles is 1. The van der Waals surface area contributed by atoms with Gasteiger partial charge in [0.2, 0.25) is 5.91 Å². The number of thiophene rings is 1. The molecule has 0 unspecified atom stereocenters. The van der Waals surface area contributed by atoms with Crippen LogP contribution in [-0.4, -0.2) is 5.91 Å². The van der Waals surface area contributed by atoms with Crippen molar-refractivity contribution in [2.75, 3.05) is 5.32 Å². The van der Waals surface area contributed by atoms with Gasteiger partial charge in [0.1, 0.15) is 11.1 Å². The van der Waals surface area contributed by atoms with E-state index in [2.05, 4.69) is 5.32 Å². The lowest BCUT2D eigenvalue weighted by molar-refractivity contribution is -0.115. The van der Waals surface area contributed by atoms with E-state index in [1.165, 1.54) is 11.3 Å². The number of hydrogen-bond donors (Lipinski definition) is 1. The molecule has 0 saturated heterocycles. The number of rotatable bonds is 3. The van der Waals surface area contributed by atoms with Gasteiger partial charge in [-0.3, -0.25) is 4.79 Å². The third kappa shape index (κ3) is 2.92. The summed E-state index contributed by atoms with van der Waals surface area (Å²) < 4.78 is 0. The summed E-state index contributed by atoms with van der Waals surface area (Å²) in [6, 6.07) is 13.2. The van der Waals surface area contributed by atoms with Crippen LogP contribution in [0.5, 0.6) is 0 Å². The Morgan fingerprint density at radius 2 is 2.06 bits per heavy atom. The van der Waals surface area contributed by atoms with Crippen LogP contribution >= 0.6 is 11.3 Å². The molecule has 1 N–H and O–H groups in total. The van der Waals surface area contributed by atoms with E-state index in [1.807, 2.05) is 36.4 Å². The maximum Gasteiger partial charge on any atom is 0.229 e. The van der Waals surface area contributed by atoms with E-state index in [4.69, 9.17) is 5.26 Å². The van der Waals surface area contributed by atoms with Gasteiger partial charge in [-0.15, -0.1) is 11.3 Å². The highest BCUT2D eigenvalue weighted by Crippen LogP contribution is 2.22. The van der Waals surface area contributed by atoms with Gasteiger partial charge in [0, 0.05) is 0 Å². The summed E-state index contributed by atoms with van der Waals surface area (Å²) in [4.78, 5) is 11.7. The highest BCUT2D eigenvalue weighted by Gasteiger charge is 2.08. The van der Waals surface area contributed by atoms with Crippen LogP contribution in [0, 0.1) is 11.3 Å². The number of nitrogens with one attached hydrogen (secondary N) is 1. The number of anilines is 1. The largest absolute Gasteiger partial charge is 0.316 e. The van der Waals surface area contributed by atoms with Crippen molar-refractivity contribution in [3.63, 3.8) is 0 Å². The van der Waals surface area contributed by atoms with Gasteiger partial charge in [-0.05, 0) is 17.0 Å². The zero-order chi connectivity index (χ0) is 12.1. The van der Waals surface area contributed by atoms with Crippen molar-refractivity contribution in [2.24, 2.45) is 0 Å². The van der Waals surface area contributed by atoms with E-state index in [0.29, 0.717) is 17.0 Å². The Morgan fingerprint density at radius 3 is 2.76 bits per heavy atom. The Bertz CT molecular complexity index is 554. The first-order valence-corrected chi connectivity index (χ1v) is 5.99. The summed E-state index contributed by atoms with van der Waals surface area (Å²) in [6.45, 7) is 0. The maximum absolute atomic E-state index is 11.7. The third-order valence-corrected chi connectivity index (χ3v) is 3.08. The molecule has 4 heteroatoms. The van der Waals surface area contributed by atoms with Crippen molar-refractivity contribution in [1.82, 2.24) is 0 Å². The van der Waals surface area contributed by atoms with Gasteiger partial charge >= 0.3 is 0 Å². The molecule has 2 rings (SSSR count). The molecule has 17 heavy (non-hydrogen) atoms. The van der Waals surface area contributed by atoms with Crippen LogP contribution < -0.4 is 5.32 Å². The number of nitrogens with zero attached hydrogens (tertiary/aromatic N) is 1. The van der Waals surface area contributed by atoms with Crippen LogP contribution in [0.4, 0.5) is 5.00 Å². The highest BCUT2D eigenvalue weighted by molar-refractivity contribution is 7.14. The molecule has 1 aromatic carbocycles. The summed E-state index contributed by atoms with van der Waals surface area (Å²) in [6.07, 6.45) is 0.323. The fourth-order valence-corrected chi connectivity index (χ4v) is 2.20. The van der Waals surface area contributed by atoms with Gasteiger partial charge in [0.15, 0.2) is 0 Å². The Morgan fingerprint density at radius 1 is 1.29 bits per heavy atom. The molecular formula is C13H10N2OS. The molecule has 0 bridgehead atoms. The predicted octanol–water partition coefficient (Wildman–Crippen LogP) is 2.80. The van der Waals surface area contributed by atoms with Crippen molar-refractivity contribution >= 4 is 22.2 Å². The molecule has 0 aliphatic heterocycles. The molecule has 0 spiro atoms. The quantitative estimate of drug-likeness (QED) is 0.899. The molecule has 0 aliphatic rings. The summed E-state index contributed by atoms with van der Waals surface area (Å²) in [7, 11) is 0. The van der Waals surface area contributed by atoms with Crippen LogP contribution in [0.2, 0.25) is 0 Å². The zero-order valence-electron chi connectivity index (χ0n) is 9.01. The molecule has 1 heterocycles. The van der Waals surface area contributed by atoms with E-state index in [0.717, 1.165) is 5.56 Å². The molecule has 0 radical (unpaired) electrons. The molecule has 0 saturated carbocycles. The molecule has 0 fully saturated rings. The normalized spacial score (nSPS) is 9.59. The molecular weight excluding hydrogens is 232 g/mol. The Labute approximate surface area is 103 Å². The van der Waals surface area contributed by atoms with Gasteiger partial charge in [-0.2, -0.15) is 5.26 Å². The molecule has 0 atom stereocenters. The minimum Gasteiger partial charge on any atom is -0.316 e. The minimum absolute atomic E-state index is 0.102. The van der Waals surface area contributed by atoms with Crippen molar-refractivity contribution in [1.29, 1.82) is 5.26 Å². The fourth-order valence-electron chi connectivity index (χ4n) is 1.45. The standard InChI is InChI=1S/C13H10N2OS/c14-9-11-6-7-17-13(11)15-12(16)8-10-4-2-1-3-5-10/h1-7H,8H2,(H,15,16). The van der Waals surface area contributed by atoms with Gasteiger partial charge in [-0.1, -0.05) is 30.3 Å². The van der Waals surface area contributed by atoms with Gasteiger partial charge in [-0.25, -0.2) is 0 Å². The predicted molar refractivity (Wildman–Crippen MR) is 67.8 cm³/mol. The average Bonchev–Trinajstić information content (AvgIpc) is 2.77. The van der Waals surface area contributed by atoms with E-state index < -0.39 is 0 Å². The zero-order valence-corrected chi connectivity index (χ0v) is 9.83. The van der Waals surface area contributed by atoms with E-state index in [9.17, 15) is 4.79 Å². The SMILES string of the molecule is N#Cc1ccsc1NC(=O)Cc1ccccc1. The summed E-state index contributed by atoms with van der Waals surface area (Å²) in [5.41, 5.74) is 1.47. The van der Waals surface area contributed by atoms with Gasteiger partial charge in [0.25, 0.3) is 0 Å². The monoisotopic (exact) mass is 242 g/mol. The molecule has 1 amide bonds. The van der Waals surface area contributed by atoms with Crippen molar-refractivity contribution in [3.05, 3.63) is 52.9 Å². The first-order valence-electron chi connectivity index (χ1n) is 5.11.